The first-order valence-electron chi connectivity index (χ1n) is 11.2. The summed E-state index contributed by atoms with van der Waals surface area (Å²) in [5.74, 6) is 2.71. The number of rotatable bonds is 3. The van der Waals surface area contributed by atoms with Gasteiger partial charge in [-0.3, -0.25) is 4.79 Å². The molecule has 3 unspecified atom stereocenters. The number of anilines is 1. The maximum atomic E-state index is 13.4. The van der Waals surface area contributed by atoms with E-state index in [-0.39, 0.29) is 29.4 Å². The van der Waals surface area contributed by atoms with Crippen LogP contribution in [0.15, 0.2) is 48.7 Å². The first-order valence-corrected chi connectivity index (χ1v) is 11.2. The Labute approximate surface area is 196 Å². The molecule has 10 heteroatoms. The van der Waals surface area contributed by atoms with E-state index < -0.39 is 11.7 Å². The van der Waals surface area contributed by atoms with Crippen LogP contribution in [-0.4, -0.2) is 27.0 Å². The number of imidazole rings is 1. The van der Waals surface area contributed by atoms with Crippen molar-refractivity contribution in [1.82, 2.24) is 15.0 Å². The van der Waals surface area contributed by atoms with Gasteiger partial charge in [0.1, 0.15) is 40.5 Å². The van der Waals surface area contributed by atoms with Gasteiger partial charge in [0.05, 0.1) is 17.0 Å². The first kappa shape index (κ1) is 20.3. The third kappa shape index (κ3) is 3.16. The fourth-order valence-electron chi connectivity index (χ4n) is 5.15. The number of fused-ring (bicyclic) bond motifs is 5. The molecule has 4 heterocycles. The number of ether oxygens (including phenoxy) is 2. The summed E-state index contributed by atoms with van der Waals surface area (Å²) in [5, 5.41) is 2.76. The van der Waals surface area contributed by atoms with E-state index in [9.17, 15) is 18.0 Å². The van der Waals surface area contributed by atoms with Gasteiger partial charge in [0.25, 0.3) is 0 Å². The normalized spacial score (nSPS) is 22.1. The lowest BCUT2D eigenvalue weighted by atomic mass is 10.1. The second-order valence-corrected chi connectivity index (χ2v) is 8.94. The van der Waals surface area contributed by atoms with E-state index >= 15 is 0 Å². The van der Waals surface area contributed by atoms with Crippen molar-refractivity contribution in [2.45, 2.75) is 37.0 Å². The number of para-hydroxylation sites is 1. The molecule has 1 fully saturated rings. The Morgan fingerprint density at radius 2 is 1.97 bits per heavy atom. The lowest BCUT2D eigenvalue weighted by Crippen LogP contribution is -2.20. The third-order valence-corrected chi connectivity index (χ3v) is 6.81. The van der Waals surface area contributed by atoms with Gasteiger partial charge in [-0.05, 0) is 42.8 Å². The molecule has 0 saturated heterocycles. The summed E-state index contributed by atoms with van der Waals surface area (Å²) in [7, 11) is 0. The Hall–Kier alpha value is -4.08. The molecule has 2 aromatic heterocycles. The van der Waals surface area contributed by atoms with Crippen LogP contribution in [0, 0.1) is 0 Å². The number of halogens is 3. The number of H-pyrrole nitrogens is 1. The highest BCUT2D eigenvalue weighted by molar-refractivity contribution is 5.93. The highest BCUT2D eigenvalue weighted by atomic mass is 19.4. The maximum Gasteiger partial charge on any atom is 0.418 e. The van der Waals surface area contributed by atoms with Crippen molar-refractivity contribution >= 4 is 22.8 Å². The average molecular weight is 478 g/mol. The van der Waals surface area contributed by atoms with Gasteiger partial charge in [0.15, 0.2) is 0 Å². The fraction of sp³-hybridized carbons (Fsp3) is 0.240. The zero-order valence-corrected chi connectivity index (χ0v) is 18.0. The molecule has 2 aliphatic heterocycles. The van der Waals surface area contributed by atoms with Crippen molar-refractivity contribution in [1.29, 1.82) is 0 Å². The summed E-state index contributed by atoms with van der Waals surface area (Å²) in [4.78, 5) is 23.3. The van der Waals surface area contributed by atoms with Gasteiger partial charge in [-0.25, -0.2) is 9.97 Å². The van der Waals surface area contributed by atoms with Crippen LogP contribution in [0.25, 0.3) is 11.0 Å². The lowest BCUT2D eigenvalue weighted by molar-refractivity contribution is -0.136. The molecule has 35 heavy (non-hydrogen) atoms. The quantitative estimate of drug-likeness (QED) is 0.417. The van der Waals surface area contributed by atoms with E-state index in [1.165, 1.54) is 6.07 Å². The van der Waals surface area contributed by atoms with Crippen LogP contribution in [0.3, 0.4) is 0 Å². The summed E-state index contributed by atoms with van der Waals surface area (Å²) >= 11 is 0. The van der Waals surface area contributed by atoms with E-state index in [4.69, 9.17) is 9.47 Å². The zero-order chi connectivity index (χ0) is 23.9. The van der Waals surface area contributed by atoms with Gasteiger partial charge in [0.2, 0.25) is 5.91 Å². The minimum Gasteiger partial charge on any atom is -0.489 e. The van der Waals surface area contributed by atoms with E-state index in [1.807, 2.05) is 18.2 Å². The van der Waals surface area contributed by atoms with E-state index in [2.05, 4.69) is 20.3 Å². The molecule has 2 aromatic carbocycles. The number of benzene rings is 2. The number of pyridine rings is 1. The van der Waals surface area contributed by atoms with Gasteiger partial charge in [-0.2, -0.15) is 13.2 Å². The number of aromatic amines is 1. The molecule has 7 rings (SSSR count). The van der Waals surface area contributed by atoms with Gasteiger partial charge >= 0.3 is 6.18 Å². The molecule has 4 aromatic rings. The van der Waals surface area contributed by atoms with Gasteiger partial charge < -0.3 is 19.8 Å². The van der Waals surface area contributed by atoms with Gasteiger partial charge in [-0.15, -0.1) is 0 Å². The molecule has 1 amide bonds. The average Bonchev–Trinajstić information content (AvgIpc) is 3.17. The smallest absolute Gasteiger partial charge is 0.418 e. The Balaban J connectivity index is 1.18. The van der Waals surface area contributed by atoms with Crippen LogP contribution in [0.4, 0.5) is 19.0 Å². The van der Waals surface area contributed by atoms with E-state index in [0.29, 0.717) is 41.5 Å². The fourth-order valence-corrected chi connectivity index (χ4v) is 5.15. The third-order valence-electron chi connectivity index (χ3n) is 6.81. The molecular weight excluding hydrogens is 461 g/mol. The van der Waals surface area contributed by atoms with Crippen molar-refractivity contribution in [3.05, 3.63) is 71.2 Å². The Morgan fingerprint density at radius 3 is 2.83 bits per heavy atom. The molecule has 0 bridgehead atoms. The van der Waals surface area contributed by atoms with E-state index in [0.717, 1.165) is 22.9 Å². The van der Waals surface area contributed by atoms with Gasteiger partial charge in [0, 0.05) is 29.7 Å². The highest BCUT2D eigenvalue weighted by Gasteiger charge is 2.61. The number of nitrogens with zero attached hydrogens (tertiary/aromatic N) is 2. The number of hydrogen-bond acceptors (Lipinski definition) is 5. The number of amides is 1. The molecule has 0 spiro atoms. The van der Waals surface area contributed by atoms with Crippen molar-refractivity contribution in [3.8, 4) is 17.2 Å². The van der Waals surface area contributed by atoms with Crippen molar-refractivity contribution in [2.75, 3.05) is 5.32 Å². The summed E-state index contributed by atoms with van der Waals surface area (Å²) < 4.78 is 52.4. The van der Waals surface area contributed by atoms with Crippen LogP contribution in [-0.2, 0) is 17.4 Å². The number of nitrogens with one attached hydrogen (secondary N) is 2. The Bertz CT molecular complexity index is 1530. The van der Waals surface area contributed by atoms with Crippen LogP contribution >= 0.6 is 0 Å². The Kier molecular flexibility index (Phi) is 4.04. The van der Waals surface area contributed by atoms with E-state index in [1.54, 1.807) is 18.3 Å². The second-order valence-electron chi connectivity index (χ2n) is 8.94. The molecular formula is C25H17F3N4O3. The number of carbonyl (C=O) groups is 1. The molecule has 3 atom stereocenters. The maximum absolute atomic E-state index is 13.4. The monoisotopic (exact) mass is 478 g/mol. The van der Waals surface area contributed by atoms with Crippen molar-refractivity contribution in [3.63, 3.8) is 0 Å². The summed E-state index contributed by atoms with van der Waals surface area (Å²) in [5.41, 5.74) is 1.30. The van der Waals surface area contributed by atoms with Crippen LogP contribution in [0.2, 0.25) is 0 Å². The largest absolute Gasteiger partial charge is 0.489 e. The second kappa shape index (κ2) is 6.97. The summed E-state index contributed by atoms with van der Waals surface area (Å²) in [6.45, 7) is 0. The van der Waals surface area contributed by atoms with Crippen LogP contribution in [0.1, 0.15) is 40.8 Å². The van der Waals surface area contributed by atoms with Crippen LogP contribution < -0.4 is 14.8 Å². The predicted octanol–water partition coefficient (Wildman–Crippen LogP) is 5.30. The SMILES string of the molecule is O=C1CCc2c(Oc3ccc4c(c3)C3C(O4)C3c3nc4c(C(F)(F)F)cccc4[nH]3)ccnc2N1. The minimum atomic E-state index is -4.48. The predicted molar refractivity (Wildman–Crippen MR) is 119 cm³/mol. The minimum absolute atomic E-state index is 0.0194. The first-order chi connectivity index (χ1) is 16.9. The van der Waals surface area contributed by atoms with Crippen LogP contribution in [0.5, 0.6) is 17.2 Å². The van der Waals surface area contributed by atoms with Crippen molar-refractivity contribution < 1.29 is 27.4 Å². The standard InChI is InChI=1S/C25H17F3N4O3/c26-25(27,28)14-2-1-3-15-21(14)32-24(30-15)20-19-13-10-11(4-6-16(13)35-22(19)20)34-17-8-9-29-23-12(17)5-7-18(33)31-23/h1-4,6,8-10,19-20,22H,5,7H2,(H,30,32)(H,29,31,33). The van der Waals surface area contributed by atoms with Crippen molar-refractivity contribution in [2.24, 2.45) is 0 Å². The summed E-state index contributed by atoms with van der Waals surface area (Å²) in [6, 6.07) is 11.3. The number of carbonyl (C=O) groups excluding carboxylic acids is 1. The highest BCUT2D eigenvalue weighted by Crippen LogP contribution is 2.63. The number of aromatic nitrogens is 3. The molecule has 176 valence electrons. The Morgan fingerprint density at radius 1 is 1.09 bits per heavy atom. The molecule has 7 nitrogen and oxygen atoms in total. The molecule has 2 N–H and O–H groups in total. The van der Waals surface area contributed by atoms with Gasteiger partial charge in [-0.1, -0.05) is 6.07 Å². The number of hydrogen-bond donors (Lipinski definition) is 2. The summed E-state index contributed by atoms with van der Waals surface area (Å²) in [6.07, 6.45) is -2.17. The topological polar surface area (TPSA) is 89.1 Å². The molecule has 1 saturated carbocycles. The molecule has 1 aliphatic carbocycles. The lowest BCUT2D eigenvalue weighted by Gasteiger charge is -2.19. The molecule has 0 radical (unpaired) electrons. The molecule has 3 aliphatic rings. The zero-order valence-electron chi connectivity index (χ0n) is 18.0. The number of alkyl halides is 3.